The molecule has 1 N–H and O–H groups in total. The monoisotopic (exact) mass is 635 g/mol. The number of carbonyl (C=O) groups excluding carboxylic acids is 1. The molecule has 3 aromatic rings. The number of hydrogen-bond acceptors (Lipinski definition) is 3. The Morgan fingerprint density at radius 1 is 0.744 bits per heavy atom. The topological polar surface area (TPSA) is 55.1 Å². The Morgan fingerprint density at radius 2 is 1.15 bits per heavy atom. The van der Waals surface area contributed by atoms with Gasteiger partial charge in [-0.2, -0.15) is 49.3 Å². The van der Waals surface area contributed by atoms with Crippen molar-refractivity contribution >= 4 is 5.78 Å². The van der Waals surface area contributed by atoms with E-state index in [2.05, 4.69) is 5.10 Å². The normalized spacial score (nSPS) is 12.5. The number of benzene rings is 2. The summed E-state index contributed by atoms with van der Waals surface area (Å²) >= 11 is 0. The average Bonchev–Trinajstić information content (AvgIpc) is 3.03. The van der Waals surface area contributed by atoms with E-state index in [9.17, 15) is 71.4 Å². The standard InChI is InChI=1S/C20H6F14N2O2.Cu/c1-4-8(16(37)5-2-6(18(26,27)28)10(21)7(3-5)19(29,30)31)17(38)36(35-4)15-13(24)11(22)9(20(32,33)34)12(23)14(15)25;/h2-3,38H,1H3;. The van der Waals surface area contributed by atoms with Gasteiger partial charge in [0, 0.05) is 22.6 Å². The van der Waals surface area contributed by atoms with E-state index in [0.29, 0.717) is 6.92 Å². The second-order valence-electron chi connectivity index (χ2n) is 7.38. The third kappa shape index (κ3) is 5.41. The van der Waals surface area contributed by atoms with E-state index < -0.39 is 103 Å². The first-order valence-corrected chi connectivity index (χ1v) is 9.35. The largest absolute Gasteiger partial charge is 0.493 e. The van der Waals surface area contributed by atoms with Gasteiger partial charge in [-0.15, -0.1) is 0 Å². The minimum absolute atomic E-state index is 0. The van der Waals surface area contributed by atoms with Crippen LogP contribution in [0.1, 0.15) is 38.3 Å². The Morgan fingerprint density at radius 3 is 1.51 bits per heavy atom. The molecule has 0 spiro atoms. The summed E-state index contributed by atoms with van der Waals surface area (Å²) in [6, 6.07) is -0.774. The molecule has 0 unspecified atom stereocenters. The Bertz CT molecular complexity index is 1410. The van der Waals surface area contributed by atoms with Crippen LogP contribution in [-0.4, -0.2) is 20.7 Å². The molecule has 0 fully saturated rings. The van der Waals surface area contributed by atoms with Crippen molar-refractivity contribution in [3.05, 3.63) is 74.7 Å². The number of halogens is 14. The van der Waals surface area contributed by atoms with E-state index >= 15 is 0 Å². The van der Waals surface area contributed by atoms with Gasteiger partial charge in [-0.1, -0.05) is 0 Å². The predicted molar refractivity (Wildman–Crippen MR) is 94.6 cm³/mol. The van der Waals surface area contributed by atoms with Crippen molar-refractivity contribution in [2.75, 3.05) is 0 Å². The number of aryl methyl sites for hydroxylation is 1. The Hall–Kier alpha value is -3.34. The summed E-state index contributed by atoms with van der Waals surface area (Å²) in [5.74, 6) is -18.2. The number of aromatic hydroxyl groups is 1. The molecule has 0 atom stereocenters. The van der Waals surface area contributed by atoms with Crippen LogP contribution in [0.5, 0.6) is 5.88 Å². The first kappa shape index (κ1) is 31.9. The fourth-order valence-electron chi connectivity index (χ4n) is 3.30. The van der Waals surface area contributed by atoms with Crippen LogP contribution in [0.4, 0.5) is 61.5 Å². The van der Waals surface area contributed by atoms with Crippen LogP contribution >= 0.6 is 0 Å². The summed E-state index contributed by atoms with van der Waals surface area (Å²) in [6.45, 7) is 0.676. The van der Waals surface area contributed by atoms with Gasteiger partial charge in [0.25, 0.3) is 0 Å². The van der Waals surface area contributed by atoms with Gasteiger partial charge in [-0.05, 0) is 19.1 Å². The summed E-state index contributed by atoms with van der Waals surface area (Å²) in [5, 5.41) is 13.3. The van der Waals surface area contributed by atoms with Gasteiger partial charge >= 0.3 is 18.5 Å². The summed E-state index contributed by atoms with van der Waals surface area (Å²) in [5.41, 5.74) is -14.2. The van der Waals surface area contributed by atoms with Crippen LogP contribution in [0.25, 0.3) is 5.69 Å². The van der Waals surface area contributed by atoms with E-state index in [1.807, 2.05) is 0 Å². The van der Waals surface area contributed by atoms with Gasteiger partial charge in [0.2, 0.25) is 5.88 Å². The van der Waals surface area contributed by atoms with Gasteiger partial charge < -0.3 is 5.11 Å². The van der Waals surface area contributed by atoms with E-state index in [0.717, 1.165) is 0 Å². The molecule has 2 aromatic carbocycles. The van der Waals surface area contributed by atoms with Crippen LogP contribution in [-0.2, 0) is 35.6 Å². The number of carbonyl (C=O) groups is 1. The van der Waals surface area contributed by atoms with Gasteiger partial charge in [-0.25, -0.2) is 22.0 Å². The number of nitrogens with zero attached hydrogens (tertiary/aromatic N) is 2. The quantitative estimate of drug-likeness (QED) is 0.148. The number of aromatic nitrogens is 2. The number of alkyl halides is 9. The summed E-state index contributed by atoms with van der Waals surface area (Å²) in [7, 11) is 0. The average molecular weight is 636 g/mol. The first-order chi connectivity index (χ1) is 17.1. The Balaban J connectivity index is 0.00000533. The number of ketones is 1. The van der Waals surface area contributed by atoms with Gasteiger partial charge in [0.15, 0.2) is 29.1 Å². The van der Waals surface area contributed by atoms with Crippen LogP contribution in [0.15, 0.2) is 12.1 Å². The summed E-state index contributed by atoms with van der Waals surface area (Å²) in [4.78, 5) is 12.7. The zero-order chi connectivity index (χ0) is 29.3. The molecule has 1 heterocycles. The molecule has 39 heavy (non-hydrogen) atoms. The van der Waals surface area contributed by atoms with Crippen LogP contribution in [0.3, 0.4) is 0 Å². The molecular weight excluding hydrogens is 630 g/mol. The molecule has 0 bridgehead atoms. The van der Waals surface area contributed by atoms with Crippen LogP contribution in [0, 0.1) is 36.0 Å². The number of hydrogen-bond donors (Lipinski definition) is 1. The van der Waals surface area contributed by atoms with E-state index in [4.69, 9.17) is 0 Å². The molecule has 1 radical (unpaired) electrons. The molecule has 0 amide bonds. The molecule has 217 valence electrons. The van der Waals surface area contributed by atoms with Crippen molar-refractivity contribution in [1.29, 1.82) is 0 Å². The molecule has 3 rings (SSSR count). The minimum atomic E-state index is -5.95. The van der Waals surface area contributed by atoms with Crippen molar-refractivity contribution in [1.82, 2.24) is 9.78 Å². The van der Waals surface area contributed by atoms with Crippen LogP contribution < -0.4 is 0 Å². The van der Waals surface area contributed by atoms with Crippen molar-refractivity contribution in [2.24, 2.45) is 0 Å². The third-order valence-electron chi connectivity index (χ3n) is 4.94. The van der Waals surface area contributed by atoms with E-state index in [1.165, 1.54) is 0 Å². The van der Waals surface area contributed by atoms with Gasteiger partial charge in [0.05, 0.1) is 16.8 Å². The maximum absolute atomic E-state index is 14.3. The van der Waals surface area contributed by atoms with E-state index in [-0.39, 0.29) is 29.2 Å². The van der Waals surface area contributed by atoms with Crippen LogP contribution in [0.2, 0.25) is 0 Å². The molecule has 0 aliphatic heterocycles. The Labute approximate surface area is 216 Å². The maximum atomic E-state index is 14.3. The van der Waals surface area contributed by atoms with Gasteiger partial charge in [-0.3, -0.25) is 4.79 Å². The van der Waals surface area contributed by atoms with Gasteiger partial charge in [0.1, 0.15) is 22.6 Å². The maximum Gasteiger partial charge on any atom is 0.422 e. The third-order valence-corrected chi connectivity index (χ3v) is 4.94. The zero-order valence-electron chi connectivity index (χ0n) is 18.0. The van der Waals surface area contributed by atoms with Crippen molar-refractivity contribution in [3.8, 4) is 11.6 Å². The zero-order valence-corrected chi connectivity index (χ0v) is 18.9. The summed E-state index contributed by atoms with van der Waals surface area (Å²) < 4.78 is 187. The molecule has 0 aliphatic rings. The summed E-state index contributed by atoms with van der Waals surface area (Å²) in [6.07, 6.45) is -17.5. The molecule has 4 nitrogen and oxygen atoms in total. The molecule has 0 saturated heterocycles. The molecule has 1 aromatic heterocycles. The smallest absolute Gasteiger partial charge is 0.422 e. The Kier molecular flexibility index (Phi) is 8.17. The number of rotatable bonds is 3. The van der Waals surface area contributed by atoms with Crippen molar-refractivity contribution < 1.29 is 88.4 Å². The second kappa shape index (κ2) is 10.0. The minimum Gasteiger partial charge on any atom is -0.493 e. The first-order valence-electron chi connectivity index (χ1n) is 9.35. The fourth-order valence-corrected chi connectivity index (χ4v) is 3.30. The molecule has 19 heteroatoms. The molecule has 0 aliphatic carbocycles. The SMILES string of the molecule is Cc1nn(-c2c(F)c(F)c(C(F)(F)F)c(F)c2F)c(O)c1C(=O)c1cc(C(F)(F)F)c(F)c(C(F)(F)F)c1.[Cu]. The van der Waals surface area contributed by atoms with Crippen molar-refractivity contribution in [3.63, 3.8) is 0 Å². The van der Waals surface area contributed by atoms with Crippen molar-refractivity contribution in [2.45, 2.75) is 25.5 Å². The fraction of sp³-hybridized carbons (Fsp3) is 0.200. The molecular formula is C20H6CuF14N2O2. The van der Waals surface area contributed by atoms with E-state index in [1.54, 1.807) is 0 Å². The predicted octanol–water partition coefficient (Wildman–Crippen LogP) is 6.87. The molecule has 0 saturated carbocycles. The second-order valence-corrected chi connectivity index (χ2v) is 7.38.